The lowest BCUT2D eigenvalue weighted by Gasteiger charge is -2.14. The van der Waals surface area contributed by atoms with Crippen molar-refractivity contribution in [3.8, 4) is 11.8 Å². The van der Waals surface area contributed by atoms with E-state index in [4.69, 9.17) is 33.2 Å². The summed E-state index contributed by atoms with van der Waals surface area (Å²) in [5.41, 5.74) is 0.812. The molecular weight excluding hydrogens is 313 g/mol. The molecule has 1 amide bonds. The molecule has 0 heterocycles. The van der Waals surface area contributed by atoms with Crippen LogP contribution in [0.4, 0.5) is 0 Å². The van der Waals surface area contributed by atoms with Gasteiger partial charge in [0.05, 0.1) is 11.1 Å². The fourth-order valence-corrected chi connectivity index (χ4v) is 2.37. The number of nitrogens with zero attached hydrogens (tertiary/aromatic N) is 1. The van der Waals surface area contributed by atoms with Crippen molar-refractivity contribution in [3.63, 3.8) is 0 Å². The molecule has 112 valence electrons. The van der Waals surface area contributed by atoms with Crippen molar-refractivity contribution in [2.24, 2.45) is 0 Å². The van der Waals surface area contributed by atoms with E-state index in [0.29, 0.717) is 28.4 Å². The van der Waals surface area contributed by atoms with Gasteiger partial charge in [-0.2, -0.15) is 5.26 Å². The zero-order chi connectivity index (χ0) is 15.2. The van der Waals surface area contributed by atoms with Gasteiger partial charge in [-0.25, -0.2) is 0 Å². The van der Waals surface area contributed by atoms with E-state index in [0.717, 1.165) is 5.56 Å². The Morgan fingerprint density at radius 1 is 1.43 bits per heavy atom. The summed E-state index contributed by atoms with van der Waals surface area (Å²) in [5.74, 6) is 0.0741. The summed E-state index contributed by atoms with van der Waals surface area (Å²) in [6.45, 7) is 0.339. The minimum absolute atomic E-state index is 0.0490. The molecule has 1 aliphatic rings. The van der Waals surface area contributed by atoms with Crippen LogP contribution in [-0.2, 0) is 11.3 Å². The van der Waals surface area contributed by atoms with Gasteiger partial charge in [0.2, 0.25) is 0 Å². The minimum Gasteiger partial charge on any atom is -0.482 e. The van der Waals surface area contributed by atoms with Crippen LogP contribution in [0.3, 0.4) is 0 Å². The molecule has 1 fully saturated rings. The molecule has 2 N–H and O–H groups in total. The number of hydrogen-bond acceptors (Lipinski definition) is 4. The lowest BCUT2D eigenvalue weighted by Crippen LogP contribution is -2.29. The van der Waals surface area contributed by atoms with Gasteiger partial charge in [-0.3, -0.25) is 4.79 Å². The standard InChI is InChI=1S/C14H15Cl2N3O2/c15-10-5-9(7-19-11-1-2-11)14(12(16)6-10)21-8-13(20)18-4-3-17/h5-6,11,19H,1-2,4,7-8H2,(H,18,20). The van der Waals surface area contributed by atoms with Crippen LogP contribution >= 0.6 is 23.2 Å². The van der Waals surface area contributed by atoms with Crippen molar-refractivity contribution < 1.29 is 9.53 Å². The van der Waals surface area contributed by atoms with Gasteiger partial charge in [-0.15, -0.1) is 0 Å². The average Bonchev–Trinajstić information content (AvgIpc) is 3.25. The molecule has 2 rings (SSSR count). The Kier molecular flexibility index (Phi) is 5.68. The third kappa shape index (κ3) is 5.09. The molecule has 0 saturated heterocycles. The summed E-state index contributed by atoms with van der Waals surface area (Å²) in [6.07, 6.45) is 2.34. The SMILES string of the molecule is N#CCNC(=O)COc1c(Cl)cc(Cl)cc1CNC1CC1. The van der Waals surface area contributed by atoms with Crippen molar-refractivity contribution in [2.45, 2.75) is 25.4 Å². The van der Waals surface area contributed by atoms with Gasteiger partial charge in [-0.05, 0) is 25.0 Å². The number of hydrogen-bond donors (Lipinski definition) is 2. The van der Waals surface area contributed by atoms with E-state index in [1.807, 2.05) is 6.07 Å². The van der Waals surface area contributed by atoms with E-state index in [1.54, 1.807) is 12.1 Å². The average molecular weight is 328 g/mol. The van der Waals surface area contributed by atoms with Gasteiger partial charge in [0, 0.05) is 23.2 Å². The summed E-state index contributed by atoms with van der Waals surface area (Å²) in [6, 6.07) is 5.71. The van der Waals surface area contributed by atoms with Gasteiger partial charge in [0.25, 0.3) is 5.91 Å². The number of rotatable bonds is 7. The number of nitriles is 1. The Morgan fingerprint density at radius 2 is 2.19 bits per heavy atom. The zero-order valence-electron chi connectivity index (χ0n) is 11.3. The van der Waals surface area contributed by atoms with Gasteiger partial charge < -0.3 is 15.4 Å². The van der Waals surface area contributed by atoms with Gasteiger partial charge in [0.1, 0.15) is 12.3 Å². The molecule has 7 heteroatoms. The first-order chi connectivity index (χ1) is 10.1. The molecule has 1 aromatic carbocycles. The second-order valence-corrected chi connectivity index (χ2v) is 5.60. The smallest absolute Gasteiger partial charge is 0.258 e. The Morgan fingerprint density at radius 3 is 2.86 bits per heavy atom. The molecule has 0 radical (unpaired) electrons. The molecule has 0 unspecified atom stereocenters. The summed E-state index contributed by atoms with van der Waals surface area (Å²) in [5, 5.41) is 15.0. The lowest BCUT2D eigenvalue weighted by molar-refractivity contribution is -0.122. The topological polar surface area (TPSA) is 74.2 Å². The maximum atomic E-state index is 11.5. The van der Waals surface area contributed by atoms with E-state index in [1.165, 1.54) is 12.8 Å². The number of carbonyl (C=O) groups excluding carboxylic acids is 1. The second-order valence-electron chi connectivity index (χ2n) is 4.75. The van der Waals surface area contributed by atoms with Crippen LogP contribution in [0.1, 0.15) is 18.4 Å². The summed E-state index contributed by atoms with van der Waals surface area (Å²) < 4.78 is 5.48. The maximum absolute atomic E-state index is 11.5. The normalized spacial score (nSPS) is 13.6. The number of halogens is 2. The van der Waals surface area contributed by atoms with Crippen molar-refractivity contribution in [3.05, 3.63) is 27.7 Å². The summed E-state index contributed by atoms with van der Waals surface area (Å²) in [7, 11) is 0. The number of ether oxygens (including phenoxy) is 1. The maximum Gasteiger partial charge on any atom is 0.258 e. The predicted molar refractivity (Wildman–Crippen MR) is 80.4 cm³/mol. The molecule has 21 heavy (non-hydrogen) atoms. The molecule has 1 aromatic rings. The van der Waals surface area contributed by atoms with Gasteiger partial charge in [0.15, 0.2) is 6.61 Å². The predicted octanol–water partition coefficient (Wildman–Crippen LogP) is 2.26. The molecule has 0 bridgehead atoms. The Bertz CT molecular complexity index is 568. The van der Waals surface area contributed by atoms with Crippen LogP contribution in [0.2, 0.25) is 10.0 Å². The molecule has 5 nitrogen and oxygen atoms in total. The highest BCUT2D eigenvalue weighted by Gasteiger charge is 2.21. The number of benzene rings is 1. The highest BCUT2D eigenvalue weighted by Crippen LogP contribution is 2.33. The minimum atomic E-state index is -0.372. The number of nitrogens with one attached hydrogen (secondary N) is 2. The second kappa shape index (κ2) is 7.51. The lowest BCUT2D eigenvalue weighted by atomic mass is 10.2. The van der Waals surface area contributed by atoms with Crippen molar-refractivity contribution in [2.75, 3.05) is 13.2 Å². The van der Waals surface area contributed by atoms with Gasteiger partial charge in [-0.1, -0.05) is 23.2 Å². The van der Waals surface area contributed by atoms with Crippen LogP contribution < -0.4 is 15.4 Å². The quantitative estimate of drug-likeness (QED) is 0.753. The van der Waals surface area contributed by atoms with Gasteiger partial charge >= 0.3 is 0 Å². The largest absolute Gasteiger partial charge is 0.482 e. The van der Waals surface area contributed by atoms with E-state index < -0.39 is 0 Å². The Hall–Kier alpha value is -1.48. The summed E-state index contributed by atoms with van der Waals surface area (Å²) in [4.78, 5) is 11.5. The number of carbonyl (C=O) groups is 1. The third-order valence-corrected chi connectivity index (χ3v) is 3.46. The van der Waals surface area contributed by atoms with E-state index in [-0.39, 0.29) is 19.1 Å². The molecule has 0 atom stereocenters. The molecular formula is C14H15Cl2N3O2. The highest BCUT2D eigenvalue weighted by atomic mass is 35.5. The van der Waals surface area contributed by atoms with E-state index in [2.05, 4.69) is 10.6 Å². The fourth-order valence-electron chi connectivity index (χ4n) is 1.78. The number of amides is 1. The fraction of sp³-hybridized carbons (Fsp3) is 0.429. The molecule has 0 aromatic heterocycles. The van der Waals surface area contributed by atoms with E-state index >= 15 is 0 Å². The molecule has 1 saturated carbocycles. The first-order valence-corrected chi connectivity index (χ1v) is 7.33. The monoisotopic (exact) mass is 327 g/mol. The Labute approximate surface area is 133 Å². The van der Waals surface area contributed by atoms with Crippen LogP contribution in [-0.4, -0.2) is 25.1 Å². The Balaban J connectivity index is 2.01. The van der Waals surface area contributed by atoms with Crippen molar-refractivity contribution in [1.29, 1.82) is 5.26 Å². The van der Waals surface area contributed by atoms with Crippen molar-refractivity contribution in [1.82, 2.24) is 10.6 Å². The highest BCUT2D eigenvalue weighted by molar-refractivity contribution is 6.35. The molecule has 0 aliphatic heterocycles. The molecule has 1 aliphatic carbocycles. The van der Waals surface area contributed by atoms with Crippen LogP contribution in [0.15, 0.2) is 12.1 Å². The summed E-state index contributed by atoms with van der Waals surface area (Å²) >= 11 is 12.1. The van der Waals surface area contributed by atoms with Crippen molar-refractivity contribution >= 4 is 29.1 Å². The third-order valence-electron chi connectivity index (χ3n) is 2.96. The van der Waals surface area contributed by atoms with E-state index in [9.17, 15) is 4.79 Å². The van der Waals surface area contributed by atoms with Crippen LogP contribution in [0.5, 0.6) is 5.75 Å². The van der Waals surface area contributed by atoms with Crippen LogP contribution in [0.25, 0.3) is 0 Å². The molecule has 0 spiro atoms. The first kappa shape index (κ1) is 15.9. The first-order valence-electron chi connectivity index (χ1n) is 6.58. The van der Waals surface area contributed by atoms with Crippen LogP contribution in [0, 0.1) is 11.3 Å². The zero-order valence-corrected chi connectivity index (χ0v) is 12.8.